The summed E-state index contributed by atoms with van der Waals surface area (Å²) >= 11 is 5.46. The Kier molecular flexibility index (Phi) is 3.24. The van der Waals surface area contributed by atoms with Crippen molar-refractivity contribution < 1.29 is 9.47 Å². The average Bonchev–Trinajstić information content (AvgIpc) is 2.38. The first-order valence-electron chi connectivity index (χ1n) is 7.11. The molecule has 0 saturated carbocycles. The fourth-order valence-electron chi connectivity index (χ4n) is 3.13. The van der Waals surface area contributed by atoms with Gasteiger partial charge in [0, 0.05) is 24.6 Å². The van der Waals surface area contributed by atoms with E-state index in [0.717, 1.165) is 35.1 Å². The summed E-state index contributed by atoms with van der Waals surface area (Å²) in [6, 6.07) is 6.26. The maximum absolute atomic E-state index is 6.27. The van der Waals surface area contributed by atoms with Gasteiger partial charge in [-0.15, -0.1) is 0 Å². The summed E-state index contributed by atoms with van der Waals surface area (Å²) in [4.78, 5) is 2.11. The van der Waals surface area contributed by atoms with Gasteiger partial charge in [0.2, 0.25) is 0 Å². The van der Waals surface area contributed by atoms with Gasteiger partial charge in [-0.25, -0.2) is 0 Å². The van der Waals surface area contributed by atoms with E-state index in [1.54, 1.807) is 0 Å². The van der Waals surface area contributed by atoms with E-state index < -0.39 is 0 Å². The van der Waals surface area contributed by atoms with E-state index in [2.05, 4.69) is 30.1 Å². The molecule has 2 aliphatic rings. The molecule has 1 fully saturated rings. The number of nitrogens with one attached hydrogen (secondary N) is 1. The van der Waals surface area contributed by atoms with Crippen molar-refractivity contribution in [3.63, 3.8) is 0 Å². The van der Waals surface area contributed by atoms with Gasteiger partial charge in [-0.2, -0.15) is 0 Å². The summed E-state index contributed by atoms with van der Waals surface area (Å²) in [5.74, 6) is 1.74. The lowest BCUT2D eigenvalue weighted by Gasteiger charge is -2.52. The molecule has 2 unspecified atom stereocenters. The zero-order valence-electron chi connectivity index (χ0n) is 12.1. The van der Waals surface area contributed by atoms with Gasteiger partial charge in [-0.05, 0) is 45.1 Å². The molecule has 2 atom stereocenters. The number of hydrogen-bond donors (Lipinski definition) is 1. The van der Waals surface area contributed by atoms with Gasteiger partial charge >= 0.3 is 0 Å². The second kappa shape index (κ2) is 4.81. The molecule has 2 bridgehead atoms. The Balaban J connectivity index is 2.00. The molecular weight excluding hydrogens is 272 g/mol. The standard InChI is InChI=1S/C15H20N2O2S/c1-4-17-14(20)16-12-9-15(17,3)19-13-8-10(18-5-2)6-7-11(12)13/h6-8,12H,4-5,9H2,1-3H3,(H,16,20). The van der Waals surface area contributed by atoms with Gasteiger partial charge in [-0.3, -0.25) is 0 Å². The summed E-state index contributed by atoms with van der Waals surface area (Å²) in [6.07, 6.45) is 0.891. The third-order valence-electron chi connectivity index (χ3n) is 4.01. The predicted octanol–water partition coefficient (Wildman–Crippen LogP) is 2.84. The molecule has 0 radical (unpaired) electrons. The van der Waals surface area contributed by atoms with Crippen molar-refractivity contribution in [2.45, 2.75) is 39.0 Å². The van der Waals surface area contributed by atoms with Crippen molar-refractivity contribution in [2.75, 3.05) is 13.2 Å². The molecule has 0 spiro atoms. The van der Waals surface area contributed by atoms with Crippen LogP contribution >= 0.6 is 12.2 Å². The molecule has 108 valence electrons. The minimum Gasteiger partial charge on any atom is -0.494 e. The van der Waals surface area contributed by atoms with Gasteiger partial charge in [0.15, 0.2) is 10.8 Å². The number of hydrogen-bond acceptors (Lipinski definition) is 3. The Morgan fingerprint density at radius 3 is 3.00 bits per heavy atom. The molecule has 2 aliphatic heterocycles. The topological polar surface area (TPSA) is 33.7 Å². The Labute approximate surface area is 125 Å². The Bertz CT molecular complexity index is 549. The van der Waals surface area contributed by atoms with Crippen LogP contribution in [0.15, 0.2) is 18.2 Å². The van der Waals surface area contributed by atoms with Gasteiger partial charge in [0.25, 0.3) is 0 Å². The molecule has 1 aromatic rings. The molecule has 0 aliphatic carbocycles. The smallest absolute Gasteiger partial charge is 0.184 e. The molecule has 0 amide bonds. The van der Waals surface area contributed by atoms with Crippen molar-refractivity contribution in [3.05, 3.63) is 23.8 Å². The van der Waals surface area contributed by atoms with Crippen LogP contribution < -0.4 is 14.8 Å². The van der Waals surface area contributed by atoms with Crippen LogP contribution in [0.3, 0.4) is 0 Å². The highest BCUT2D eigenvalue weighted by atomic mass is 32.1. The van der Waals surface area contributed by atoms with Crippen LogP contribution in [0.1, 0.15) is 38.8 Å². The maximum Gasteiger partial charge on any atom is 0.184 e. The van der Waals surface area contributed by atoms with Crippen LogP contribution in [0.25, 0.3) is 0 Å². The van der Waals surface area contributed by atoms with Crippen molar-refractivity contribution >= 4 is 17.3 Å². The maximum atomic E-state index is 6.27. The van der Waals surface area contributed by atoms with Gasteiger partial charge < -0.3 is 19.7 Å². The normalized spacial score (nSPS) is 27.4. The molecule has 1 saturated heterocycles. The summed E-state index contributed by atoms with van der Waals surface area (Å²) < 4.78 is 11.8. The van der Waals surface area contributed by atoms with E-state index in [0.29, 0.717) is 6.61 Å². The SMILES string of the molecule is CCOc1ccc2c(c1)OC1(C)CC2NC(=S)N1CC. The highest BCUT2D eigenvalue weighted by Crippen LogP contribution is 2.45. The number of fused-ring (bicyclic) bond motifs is 4. The van der Waals surface area contributed by atoms with Crippen LogP contribution in [0.4, 0.5) is 0 Å². The summed E-state index contributed by atoms with van der Waals surface area (Å²) in [5.41, 5.74) is 0.781. The Hall–Kier alpha value is -1.49. The molecule has 20 heavy (non-hydrogen) atoms. The molecule has 4 nitrogen and oxygen atoms in total. The first-order valence-corrected chi connectivity index (χ1v) is 7.52. The third kappa shape index (κ3) is 2.00. The molecule has 5 heteroatoms. The van der Waals surface area contributed by atoms with Crippen molar-refractivity contribution in [3.8, 4) is 11.5 Å². The van der Waals surface area contributed by atoms with Crippen molar-refractivity contribution in [2.24, 2.45) is 0 Å². The first kappa shape index (κ1) is 13.5. The van der Waals surface area contributed by atoms with Crippen molar-refractivity contribution in [1.82, 2.24) is 10.2 Å². The first-order chi connectivity index (χ1) is 9.57. The number of thiocarbonyl (C=S) groups is 1. The minimum absolute atomic E-state index is 0.217. The zero-order chi connectivity index (χ0) is 14.3. The van der Waals surface area contributed by atoms with E-state index in [-0.39, 0.29) is 11.8 Å². The van der Waals surface area contributed by atoms with E-state index in [1.165, 1.54) is 0 Å². The molecule has 3 rings (SSSR count). The van der Waals surface area contributed by atoms with Crippen LogP contribution in [0, 0.1) is 0 Å². The largest absolute Gasteiger partial charge is 0.494 e. The lowest BCUT2D eigenvalue weighted by atomic mass is 9.90. The van der Waals surface area contributed by atoms with E-state index in [4.69, 9.17) is 21.7 Å². The molecule has 2 heterocycles. The van der Waals surface area contributed by atoms with E-state index in [9.17, 15) is 0 Å². The zero-order valence-corrected chi connectivity index (χ0v) is 12.9. The highest BCUT2D eigenvalue weighted by Gasteiger charge is 2.46. The third-order valence-corrected chi connectivity index (χ3v) is 4.35. The van der Waals surface area contributed by atoms with Gasteiger partial charge in [0.05, 0.1) is 12.6 Å². The van der Waals surface area contributed by atoms with E-state index in [1.807, 2.05) is 19.1 Å². The Morgan fingerprint density at radius 2 is 2.30 bits per heavy atom. The fraction of sp³-hybridized carbons (Fsp3) is 0.533. The lowest BCUT2D eigenvalue weighted by Crippen LogP contribution is -2.64. The number of benzene rings is 1. The summed E-state index contributed by atoms with van der Waals surface area (Å²) in [5, 5.41) is 4.19. The van der Waals surface area contributed by atoms with Crippen LogP contribution in [-0.2, 0) is 0 Å². The minimum atomic E-state index is -0.375. The van der Waals surface area contributed by atoms with Crippen LogP contribution in [0.5, 0.6) is 11.5 Å². The van der Waals surface area contributed by atoms with Gasteiger partial charge in [-0.1, -0.05) is 0 Å². The molecule has 1 aromatic carbocycles. The van der Waals surface area contributed by atoms with Crippen LogP contribution in [0.2, 0.25) is 0 Å². The number of nitrogens with zero attached hydrogens (tertiary/aromatic N) is 1. The van der Waals surface area contributed by atoms with E-state index >= 15 is 0 Å². The molecule has 0 aromatic heterocycles. The number of ether oxygens (including phenoxy) is 2. The van der Waals surface area contributed by atoms with Crippen molar-refractivity contribution in [1.29, 1.82) is 0 Å². The summed E-state index contributed by atoms with van der Waals surface area (Å²) in [6.45, 7) is 7.66. The number of rotatable bonds is 3. The highest BCUT2D eigenvalue weighted by molar-refractivity contribution is 7.80. The van der Waals surface area contributed by atoms with Crippen LogP contribution in [-0.4, -0.2) is 28.9 Å². The second-order valence-corrected chi connectivity index (χ2v) is 5.75. The molecular formula is C15H20N2O2S. The Morgan fingerprint density at radius 1 is 1.50 bits per heavy atom. The monoisotopic (exact) mass is 292 g/mol. The quantitative estimate of drug-likeness (QED) is 0.866. The lowest BCUT2D eigenvalue weighted by molar-refractivity contribution is -0.0659. The fourth-order valence-corrected chi connectivity index (χ4v) is 3.59. The second-order valence-electron chi connectivity index (χ2n) is 5.36. The molecule has 1 N–H and O–H groups in total. The average molecular weight is 292 g/mol. The predicted molar refractivity (Wildman–Crippen MR) is 82.1 cm³/mol. The van der Waals surface area contributed by atoms with Gasteiger partial charge in [0.1, 0.15) is 11.5 Å². The summed E-state index contributed by atoms with van der Waals surface area (Å²) in [7, 11) is 0.